The van der Waals surface area contributed by atoms with Gasteiger partial charge in [0.25, 0.3) is 0 Å². The summed E-state index contributed by atoms with van der Waals surface area (Å²) >= 11 is 1.15. The van der Waals surface area contributed by atoms with E-state index in [1.807, 2.05) is 24.3 Å². The molecule has 1 aliphatic rings. The number of hydrogen-bond donors (Lipinski definition) is 1. The minimum absolute atomic E-state index is 0.0392. The second-order valence-corrected chi connectivity index (χ2v) is 7.23. The summed E-state index contributed by atoms with van der Waals surface area (Å²) in [4.78, 5) is 29.7. The van der Waals surface area contributed by atoms with E-state index in [-0.39, 0.29) is 11.7 Å². The van der Waals surface area contributed by atoms with E-state index in [2.05, 4.69) is 11.1 Å². The number of aromatic nitrogens is 1. The smallest absolute Gasteiger partial charge is 0.326 e. The SMILES string of the molecule is COc1ccc(-c2ccc(C#N)c(SCC(=O)N3CCC[C@H]3C(=O)O)n2)cc1. The lowest BCUT2D eigenvalue weighted by molar-refractivity contribution is -0.147. The Bertz CT molecular complexity index is 924. The molecule has 1 fully saturated rings. The van der Waals surface area contributed by atoms with Crippen LogP contribution in [0.2, 0.25) is 0 Å². The highest BCUT2D eigenvalue weighted by molar-refractivity contribution is 8.00. The van der Waals surface area contributed by atoms with Crippen molar-refractivity contribution in [2.24, 2.45) is 0 Å². The van der Waals surface area contributed by atoms with Gasteiger partial charge in [0.1, 0.15) is 22.9 Å². The molecule has 1 amide bonds. The summed E-state index contributed by atoms with van der Waals surface area (Å²) in [5, 5.41) is 19.0. The van der Waals surface area contributed by atoms with Gasteiger partial charge in [0, 0.05) is 12.1 Å². The lowest BCUT2D eigenvalue weighted by Crippen LogP contribution is -2.41. The number of aliphatic carboxylic acids is 1. The third-order valence-corrected chi connectivity index (χ3v) is 5.53. The zero-order valence-electron chi connectivity index (χ0n) is 15.3. The molecule has 2 heterocycles. The summed E-state index contributed by atoms with van der Waals surface area (Å²) in [6, 6.07) is 12.1. The van der Waals surface area contributed by atoms with Crippen LogP contribution >= 0.6 is 11.8 Å². The highest BCUT2D eigenvalue weighted by Crippen LogP contribution is 2.27. The molecule has 1 aliphatic heterocycles. The maximum atomic E-state index is 12.5. The lowest BCUT2D eigenvalue weighted by atomic mass is 10.1. The molecule has 7 nitrogen and oxygen atoms in total. The van der Waals surface area contributed by atoms with Gasteiger partial charge in [-0.05, 0) is 49.2 Å². The van der Waals surface area contributed by atoms with Gasteiger partial charge in [0.05, 0.1) is 24.1 Å². The van der Waals surface area contributed by atoms with E-state index in [1.165, 1.54) is 4.90 Å². The van der Waals surface area contributed by atoms with Crippen LogP contribution in [-0.4, -0.2) is 52.3 Å². The minimum atomic E-state index is -0.979. The summed E-state index contributed by atoms with van der Waals surface area (Å²) in [7, 11) is 1.59. The fourth-order valence-corrected chi connectivity index (χ4v) is 3.95. The largest absolute Gasteiger partial charge is 0.497 e. The monoisotopic (exact) mass is 397 g/mol. The first-order chi connectivity index (χ1) is 13.5. The molecule has 3 rings (SSSR count). The van der Waals surface area contributed by atoms with E-state index in [1.54, 1.807) is 19.2 Å². The zero-order valence-corrected chi connectivity index (χ0v) is 16.1. The van der Waals surface area contributed by atoms with Crippen molar-refractivity contribution in [3.8, 4) is 23.1 Å². The zero-order chi connectivity index (χ0) is 20.1. The van der Waals surface area contributed by atoms with Crippen LogP contribution in [0.5, 0.6) is 5.75 Å². The number of methoxy groups -OCH3 is 1. The van der Waals surface area contributed by atoms with Gasteiger partial charge in [-0.1, -0.05) is 11.8 Å². The number of nitrogens with zero attached hydrogens (tertiary/aromatic N) is 3. The fraction of sp³-hybridized carbons (Fsp3) is 0.300. The van der Waals surface area contributed by atoms with Gasteiger partial charge in [0.15, 0.2) is 0 Å². The van der Waals surface area contributed by atoms with E-state index < -0.39 is 12.0 Å². The van der Waals surface area contributed by atoms with Gasteiger partial charge in [-0.3, -0.25) is 4.79 Å². The van der Waals surface area contributed by atoms with Crippen molar-refractivity contribution in [3.63, 3.8) is 0 Å². The van der Waals surface area contributed by atoms with Crippen molar-refractivity contribution < 1.29 is 19.4 Å². The minimum Gasteiger partial charge on any atom is -0.497 e. The maximum Gasteiger partial charge on any atom is 0.326 e. The molecule has 1 aromatic carbocycles. The van der Waals surface area contributed by atoms with Crippen molar-refractivity contribution in [2.75, 3.05) is 19.4 Å². The standard InChI is InChI=1S/C20H19N3O4S/c1-27-15-7-4-13(5-8-15)16-9-6-14(11-21)19(22-16)28-12-18(24)23-10-2-3-17(23)20(25)26/h4-9,17H,2-3,10,12H2,1H3,(H,25,26)/t17-/m0/s1. The predicted octanol–water partition coefficient (Wildman–Crippen LogP) is 2.80. The van der Waals surface area contributed by atoms with Crippen LogP contribution in [0.15, 0.2) is 41.4 Å². The molecule has 0 spiro atoms. The number of amides is 1. The lowest BCUT2D eigenvalue weighted by Gasteiger charge is -2.21. The molecule has 0 bridgehead atoms. The molecule has 28 heavy (non-hydrogen) atoms. The molecule has 1 N–H and O–H groups in total. The summed E-state index contributed by atoms with van der Waals surface area (Å²) < 4.78 is 5.15. The molecule has 144 valence electrons. The molecule has 0 radical (unpaired) electrons. The number of hydrogen-bond acceptors (Lipinski definition) is 6. The predicted molar refractivity (Wildman–Crippen MR) is 104 cm³/mol. The average Bonchev–Trinajstić information content (AvgIpc) is 3.22. The Morgan fingerprint density at radius 3 is 2.71 bits per heavy atom. The van der Waals surface area contributed by atoms with Crippen LogP contribution in [0.25, 0.3) is 11.3 Å². The summed E-state index contributed by atoms with van der Waals surface area (Å²) in [6.45, 7) is 0.445. The van der Waals surface area contributed by atoms with Crippen LogP contribution < -0.4 is 4.74 Å². The first kappa shape index (κ1) is 19.7. The summed E-state index contributed by atoms with van der Waals surface area (Å²) in [5.41, 5.74) is 1.93. The Balaban J connectivity index is 1.76. The maximum absolute atomic E-state index is 12.5. The molecule has 1 saturated heterocycles. The van der Waals surface area contributed by atoms with E-state index in [9.17, 15) is 20.0 Å². The van der Waals surface area contributed by atoms with Crippen molar-refractivity contribution in [1.82, 2.24) is 9.88 Å². The Hall–Kier alpha value is -3.05. The number of rotatable bonds is 6. The number of pyridine rings is 1. The molecule has 0 unspecified atom stereocenters. The van der Waals surface area contributed by atoms with Crippen molar-refractivity contribution in [3.05, 3.63) is 42.0 Å². The highest BCUT2D eigenvalue weighted by atomic mass is 32.2. The van der Waals surface area contributed by atoms with Crippen molar-refractivity contribution in [2.45, 2.75) is 23.9 Å². The van der Waals surface area contributed by atoms with Crippen LogP contribution in [0, 0.1) is 11.3 Å². The second-order valence-electron chi connectivity index (χ2n) is 6.26. The fourth-order valence-electron chi connectivity index (χ4n) is 3.09. The van der Waals surface area contributed by atoms with Crippen LogP contribution in [-0.2, 0) is 9.59 Å². The van der Waals surface area contributed by atoms with Crippen LogP contribution in [0.3, 0.4) is 0 Å². The number of thioether (sulfide) groups is 1. The number of carbonyl (C=O) groups is 2. The number of carboxylic acid groups (broad SMARTS) is 1. The molecule has 2 aromatic rings. The number of likely N-dealkylation sites (tertiary alicyclic amines) is 1. The third-order valence-electron chi connectivity index (χ3n) is 4.56. The van der Waals surface area contributed by atoms with Crippen molar-refractivity contribution >= 4 is 23.6 Å². The van der Waals surface area contributed by atoms with Crippen LogP contribution in [0.1, 0.15) is 18.4 Å². The molecule has 8 heteroatoms. The number of carboxylic acids is 1. The molecule has 1 atom stereocenters. The van der Waals surface area contributed by atoms with Gasteiger partial charge < -0.3 is 14.7 Å². The summed E-state index contributed by atoms with van der Waals surface area (Å²) in [6.07, 6.45) is 1.16. The molecular weight excluding hydrogens is 378 g/mol. The molecule has 1 aromatic heterocycles. The highest BCUT2D eigenvalue weighted by Gasteiger charge is 2.33. The van der Waals surface area contributed by atoms with Gasteiger partial charge in [0.2, 0.25) is 5.91 Å². The number of benzene rings is 1. The van der Waals surface area contributed by atoms with E-state index >= 15 is 0 Å². The Labute approximate surface area is 166 Å². The Kier molecular flexibility index (Phi) is 6.16. The first-order valence-corrected chi connectivity index (χ1v) is 9.72. The Morgan fingerprint density at radius 1 is 1.32 bits per heavy atom. The third kappa shape index (κ3) is 4.26. The van der Waals surface area contributed by atoms with E-state index in [0.717, 1.165) is 23.1 Å². The normalized spacial score (nSPS) is 15.9. The quantitative estimate of drug-likeness (QED) is 0.748. The number of carbonyl (C=O) groups excluding carboxylic acids is 1. The second kappa shape index (κ2) is 8.76. The first-order valence-electron chi connectivity index (χ1n) is 8.74. The topological polar surface area (TPSA) is 104 Å². The van der Waals surface area contributed by atoms with Gasteiger partial charge in [-0.25, -0.2) is 9.78 Å². The number of ether oxygens (including phenoxy) is 1. The van der Waals surface area contributed by atoms with Crippen molar-refractivity contribution in [1.29, 1.82) is 5.26 Å². The van der Waals surface area contributed by atoms with E-state index in [4.69, 9.17) is 4.74 Å². The average molecular weight is 397 g/mol. The molecule has 0 saturated carbocycles. The number of nitriles is 1. The van der Waals surface area contributed by atoms with Gasteiger partial charge in [-0.2, -0.15) is 5.26 Å². The Morgan fingerprint density at radius 2 is 2.07 bits per heavy atom. The molecular formula is C20H19N3O4S. The molecule has 0 aliphatic carbocycles. The van der Waals surface area contributed by atoms with E-state index in [0.29, 0.717) is 35.7 Å². The summed E-state index contributed by atoms with van der Waals surface area (Å²) in [5.74, 6) is -0.461. The van der Waals surface area contributed by atoms with Crippen LogP contribution in [0.4, 0.5) is 0 Å². The van der Waals surface area contributed by atoms with Gasteiger partial charge >= 0.3 is 5.97 Å². The van der Waals surface area contributed by atoms with Gasteiger partial charge in [-0.15, -0.1) is 0 Å².